The largest absolute Gasteiger partial charge is 0.417 e. The molecule has 0 aliphatic carbocycles. The molecule has 11 heteroatoms. The number of carbonyl (C=O) groups excluding carboxylic acids is 2. The average Bonchev–Trinajstić information content (AvgIpc) is 3.46. The maximum absolute atomic E-state index is 13.9. The molecule has 34 heavy (non-hydrogen) atoms. The number of amides is 2. The smallest absolute Gasteiger partial charge is 0.408 e. The van der Waals surface area contributed by atoms with E-state index in [-0.39, 0.29) is 24.5 Å². The lowest BCUT2D eigenvalue weighted by Gasteiger charge is -2.10. The lowest BCUT2D eigenvalue weighted by Crippen LogP contribution is -2.28. The summed E-state index contributed by atoms with van der Waals surface area (Å²) < 4.78 is 20.1. The molecular weight excluding hydrogens is 443 g/mol. The van der Waals surface area contributed by atoms with Gasteiger partial charge in [0.2, 0.25) is 0 Å². The number of H-pyrrole nitrogens is 1. The first-order chi connectivity index (χ1) is 16.5. The molecule has 10 nitrogen and oxygen atoms in total. The van der Waals surface area contributed by atoms with E-state index in [1.165, 1.54) is 22.8 Å². The number of aromatic amines is 1. The van der Waals surface area contributed by atoms with E-state index in [1.807, 2.05) is 0 Å². The molecule has 170 valence electrons. The Hall–Kier alpha value is -4.80. The number of halogens is 1. The number of hydrogen-bond acceptors (Lipinski definition) is 6. The Kier molecular flexibility index (Phi) is 5.34. The Balaban J connectivity index is 1.34. The molecule has 5 aromatic rings. The number of oxazole rings is 1. The van der Waals surface area contributed by atoms with Gasteiger partial charge in [-0.05, 0) is 23.8 Å². The van der Waals surface area contributed by atoms with Crippen molar-refractivity contribution in [2.24, 2.45) is 0 Å². The molecule has 0 fully saturated rings. The Morgan fingerprint density at radius 2 is 1.85 bits per heavy atom. The molecule has 0 radical (unpaired) electrons. The quantitative estimate of drug-likeness (QED) is 0.356. The van der Waals surface area contributed by atoms with Crippen molar-refractivity contribution >= 4 is 28.6 Å². The second kappa shape index (κ2) is 8.62. The zero-order valence-corrected chi connectivity index (χ0v) is 17.5. The molecule has 0 unspecified atom stereocenters. The first kappa shape index (κ1) is 21.1. The summed E-state index contributed by atoms with van der Waals surface area (Å²) in [6, 6.07) is 14.0. The first-order valence-electron chi connectivity index (χ1n) is 10.2. The van der Waals surface area contributed by atoms with E-state index in [2.05, 4.69) is 25.7 Å². The highest BCUT2D eigenvalue weighted by molar-refractivity contribution is 5.98. The van der Waals surface area contributed by atoms with Crippen LogP contribution in [0, 0.1) is 5.82 Å². The van der Waals surface area contributed by atoms with E-state index in [0.29, 0.717) is 22.3 Å². The fraction of sp³-hybridized carbons (Fsp3) is 0.0870. The summed E-state index contributed by atoms with van der Waals surface area (Å²) in [7, 11) is 0. The molecule has 3 N–H and O–H groups in total. The molecule has 3 aromatic heterocycles. The van der Waals surface area contributed by atoms with Gasteiger partial charge in [-0.2, -0.15) is 5.10 Å². The van der Waals surface area contributed by atoms with Gasteiger partial charge in [-0.1, -0.05) is 24.3 Å². The van der Waals surface area contributed by atoms with Crippen molar-refractivity contribution in [1.82, 2.24) is 30.2 Å². The van der Waals surface area contributed by atoms with Crippen molar-refractivity contribution in [3.05, 3.63) is 99.7 Å². The fourth-order valence-electron chi connectivity index (χ4n) is 3.48. The van der Waals surface area contributed by atoms with Crippen LogP contribution in [0.4, 0.5) is 4.39 Å². The highest BCUT2D eigenvalue weighted by Gasteiger charge is 2.18. The van der Waals surface area contributed by atoms with E-state index in [4.69, 9.17) is 4.42 Å². The zero-order chi connectivity index (χ0) is 23.7. The third kappa shape index (κ3) is 4.13. The Bertz CT molecular complexity index is 1600. The number of fused-ring (bicyclic) bond motifs is 2. The van der Waals surface area contributed by atoms with Gasteiger partial charge in [0, 0.05) is 30.8 Å². The number of benzene rings is 2. The predicted octanol–water partition coefficient (Wildman–Crippen LogP) is 2.16. The van der Waals surface area contributed by atoms with E-state index in [1.54, 1.807) is 42.5 Å². The van der Waals surface area contributed by atoms with Gasteiger partial charge in [0.05, 0.1) is 11.7 Å². The van der Waals surface area contributed by atoms with E-state index < -0.39 is 23.4 Å². The van der Waals surface area contributed by atoms with Crippen LogP contribution in [-0.2, 0) is 13.1 Å². The molecule has 2 amide bonds. The zero-order valence-electron chi connectivity index (χ0n) is 17.5. The number of nitrogens with zero attached hydrogens (tertiary/aromatic N) is 3. The number of nitrogens with one attached hydrogen (secondary N) is 3. The van der Waals surface area contributed by atoms with Crippen LogP contribution < -0.4 is 16.4 Å². The van der Waals surface area contributed by atoms with E-state index in [9.17, 15) is 18.8 Å². The molecule has 2 aromatic carbocycles. The molecule has 0 bridgehead atoms. The number of carbonyl (C=O) groups is 2. The summed E-state index contributed by atoms with van der Waals surface area (Å²) >= 11 is 0. The van der Waals surface area contributed by atoms with Crippen LogP contribution in [0.1, 0.15) is 32.1 Å². The van der Waals surface area contributed by atoms with Crippen LogP contribution in [0.15, 0.2) is 70.0 Å². The standard InChI is InChI=1S/C23H17FN6O4/c24-15-4-2-1-3-14(15)12-26-22(32)18-10-17(28-20-7-8-27-30(18)20)21(31)25-11-13-5-6-19-16(9-13)29-23(33)34-19/h1-10H,11-12H2,(H,25,31)(H,26,32)(H,29,33). The van der Waals surface area contributed by atoms with Crippen LogP contribution >= 0.6 is 0 Å². The summed E-state index contributed by atoms with van der Waals surface area (Å²) in [4.78, 5) is 43.7. The topological polar surface area (TPSA) is 134 Å². The minimum Gasteiger partial charge on any atom is -0.408 e. The predicted molar refractivity (Wildman–Crippen MR) is 119 cm³/mol. The minimum atomic E-state index is -0.560. The maximum atomic E-state index is 13.9. The fourth-order valence-corrected chi connectivity index (χ4v) is 3.48. The van der Waals surface area contributed by atoms with Gasteiger partial charge in [-0.25, -0.2) is 18.7 Å². The number of hydrogen-bond donors (Lipinski definition) is 3. The summed E-state index contributed by atoms with van der Waals surface area (Å²) in [6.45, 7) is 0.125. The van der Waals surface area contributed by atoms with E-state index in [0.717, 1.165) is 5.56 Å². The Labute approximate surface area is 190 Å². The molecule has 0 spiro atoms. The first-order valence-corrected chi connectivity index (χ1v) is 10.2. The number of rotatable bonds is 6. The lowest BCUT2D eigenvalue weighted by atomic mass is 10.2. The third-order valence-corrected chi connectivity index (χ3v) is 5.16. The summed E-state index contributed by atoms with van der Waals surface area (Å²) in [6.07, 6.45) is 1.46. The average molecular weight is 460 g/mol. The monoisotopic (exact) mass is 460 g/mol. The van der Waals surface area contributed by atoms with Crippen molar-refractivity contribution in [3.63, 3.8) is 0 Å². The number of aromatic nitrogens is 4. The summed E-state index contributed by atoms with van der Waals surface area (Å²) in [5.41, 5.74) is 2.39. The van der Waals surface area contributed by atoms with Gasteiger partial charge in [0.15, 0.2) is 11.2 Å². The highest BCUT2D eigenvalue weighted by atomic mass is 19.1. The Morgan fingerprint density at radius 3 is 2.71 bits per heavy atom. The normalized spacial score (nSPS) is 11.1. The molecule has 0 aliphatic rings. The maximum Gasteiger partial charge on any atom is 0.417 e. The summed E-state index contributed by atoms with van der Waals surface area (Å²) in [5.74, 6) is -2.04. The van der Waals surface area contributed by atoms with E-state index >= 15 is 0 Å². The van der Waals surface area contributed by atoms with Crippen molar-refractivity contribution in [2.45, 2.75) is 13.1 Å². The van der Waals surface area contributed by atoms with Gasteiger partial charge >= 0.3 is 5.76 Å². The molecular formula is C23H17FN6O4. The molecule has 0 saturated carbocycles. The van der Waals surface area contributed by atoms with Crippen molar-refractivity contribution < 1.29 is 18.4 Å². The van der Waals surface area contributed by atoms with Crippen LogP contribution in [0.25, 0.3) is 16.7 Å². The van der Waals surface area contributed by atoms with Crippen molar-refractivity contribution in [2.75, 3.05) is 0 Å². The second-order valence-corrected chi connectivity index (χ2v) is 7.43. The summed E-state index contributed by atoms with van der Waals surface area (Å²) in [5, 5.41) is 9.47. The molecule has 0 saturated heterocycles. The SMILES string of the molecule is O=C(NCc1ccc2oc(=O)[nH]c2c1)c1cc(C(=O)NCc2ccccc2F)n2nccc2n1. The molecule has 3 heterocycles. The van der Waals surface area contributed by atoms with Gasteiger partial charge in [-0.15, -0.1) is 0 Å². The lowest BCUT2D eigenvalue weighted by molar-refractivity contribution is 0.0942. The van der Waals surface area contributed by atoms with Gasteiger partial charge in [-0.3, -0.25) is 14.6 Å². The Morgan fingerprint density at radius 1 is 1.03 bits per heavy atom. The van der Waals surface area contributed by atoms with Crippen LogP contribution in [0.3, 0.4) is 0 Å². The minimum absolute atomic E-state index is 0.0156. The van der Waals surface area contributed by atoms with Gasteiger partial charge in [0.25, 0.3) is 11.8 Å². The third-order valence-electron chi connectivity index (χ3n) is 5.16. The van der Waals surface area contributed by atoms with Gasteiger partial charge < -0.3 is 15.1 Å². The highest BCUT2D eigenvalue weighted by Crippen LogP contribution is 2.13. The van der Waals surface area contributed by atoms with Crippen molar-refractivity contribution in [1.29, 1.82) is 0 Å². The van der Waals surface area contributed by atoms with Crippen molar-refractivity contribution in [3.8, 4) is 0 Å². The second-order valence-electron chi connectivity index (χ2n) is 7.43. The van der Waals surface area contributed by atoms with Crippen LogP contribution in [-0.4, -0.2) is 31.4 Å². The molecule has 5 rings (SSSR count). The molecule has 0 aliphatic heterocycles. The van der Waals surface area contributed by atoms with Crippen LogP contribution in [0.5, 0.6) is 0 Å². The van der Waals surface area contributed by atoms with Crippen LogP contribution in [0.2, 0.25) is 0 Å². The van der Waals surface area contributed by atoms with Gasteiger partial charge in [0.1, 0.15) is 17.2 Å². The molecule has 0 atom stereocenters.